The van der Waals surface area contributed by atoms with Gasteiger partial charge in [-0.15, -0.1) is 0 Å². The second kappa shape index (κ2) is 9.28. The molecule has 8 nitrogen and oxygen atoms in total. The molecule has 0 spiro atoms. The summed E-state index contributed by atoms with van der Waals surface area (Å²) in [6, 6.07) is 3.73. The molecule has 6 N–H and O–H groups in total. The zero-order valence-corrected chi connectivity index (χ0v) is 18.7. The number of rotatable bonds is 5. The van der Waals surface area contributed by atoms with Crippen LogP contribution in [0.15, 0.2) is 24.4 Å². The van der Waals surface area contributed by atoms with E-state index in [1.165, 1.54) is 18.3 Å². The van der Waals surface area contributed by atoms with Crippen molar-refractivity contribution in [2.75, 3.05) is 17.7 Å². The maximum absolute atomic E-state index is 14.3. The zero-order valence-electron chi connectivity index (χ0n) is 17.1. The number of aromatic nitrogens is 3. The van der Waals surface area contributed by atoms with Crippen LogP contribution in [0, 0.1) is 5.82 Å². The molecular weight excluding hydrogens is 462 g/mol. The molecule has 0 saturated carbocycles. The monoisotopic (exact) mass is 484 g/mol. The predicted molar refractivity (Wildman–Crippen MR) is 120 cm³/mol. The highest BCUT2D eigenvalue weighted by atomic mass is 35.5. The lowest BCUT2D eigenvalue weighted by Gasteiger charge is -2.19. The van der Waals surface area contributed by atoms with Gasteiger partial charge in [0.25, 0.3) is 0 Å². The SMILES string of the molecule is Cn1ncc(NC(O)c2nc(-c3c(F)cccc3Cl)sc2N)c1[C@@H]1CC[C@@H](N)[C@H](F)CO1. The van der Waals surface area contributed by atoms with Gasteiger partial charge < -0.3 is 26.6 Å². The number of hydrogen-bond donors (Lipinski definition) is 4. The van der Waals surface area contributed by atoms with Gasteiger partial charge in [0.1, 0.15) is 33.8 Å². The number of nitrogens with two attached hydrogens (primary N) is 2. The fraction of sp³-hybridized carbons (Fsp3) is 0.400. The minimum atomic E-state index is -1.31. The van der Waals surface area contributed by atoms with Crippen LogP contribution in [0.4, 0.5) is 19.5 Å². The van der Waals surface area contributed by atoms with Gasteiger partial charge in [-0.05, 0) is 25.0 Å². The van der Waals surface area contributed by atoms with E-state index in [4.69, 9.17) is 27.8 Å². The fourth-order valence-electron chi connectivity index (χ4n) is 3.66. The number of aryl methyl sites for hydroxylation is 1. The zero-order chi connectivity index (χ0) is 23.0. The Morgan fingerprint density at radius 3 is 2.94 bits per heavy atom. The molecule has 1 aliphatic heterocycles. The molecule has 0 radical (unpaired) electrons. The summed E-state index contributed by atoms with van der Waals surface area (Å²) in [5.74, 6) is -0.537. The van der Waals surface area contributed by atoms with Crippen molar-refractivity contribution in [1.82, 2.24) is 14.8 Å². The van der Waals surface area contributed by atoms with Crippen molar-refractivity contribution in [3.8, 4) is 10.6 Å². The van der Waals surface area contributed by atoms with Crippen LogP contribution in [0.25, 0.3) is 10.6 Å². The van der Waals surface area contributed by atoms with Crippen molar-refractivity contribution < 1.29 is 18.6 Å². The molecule has 3 heterocycles. The topological polar surface area (TPSA) is 124 Å². The summed E-state index contributed by atoms with van der Waals surface area (Å²) in [7, 11) is 1.73. The number of aliphatic hydroxyl groups is 1. The van der Waals surface area contributed by atoms with Crippen LogP contribution >= 0.6 is 22.9 Å². The largest absolute Gasteiger partial charge is 0.389 e. The average Bonchev–Trinajstić information content (AvgIpc) is 3.25. The molecule has 1 aromatic carbocycles. The first kappa shape index (κ1) is 22.9. The lowest BCUT2D eigenvalue weighted by atomic mass is 10.0. The molecule has 0 aliphatic carbocycles. The number of ether oxygens (including phenoxy) is 1. The summed E-state index contributed by atoms with van der Waals surface area (Å²) in [6.45, 7) is -0.120. The third-order valence-electron chi connectivity index (χ3n) is 5.38. The number of thiazole rings is 1. The Morgan fingerprint density at radius 2 is 2.19 bits per heavy atom. The highest BCUT2D eigenvalue weighted by Gasteiger charge is 2.30. The van der Waals surface area contributed by atoms with Crippen molar-refractivity contribution in [3.63, 3.8) is 0 Å². The van der Waals surface area contributed by atoms with E-state index in [0.717, 1.165) is 11.3 Å². The van der Waals surface area contributed by atoms with Gasteiger partial charge in [0.15, 0.2) is 6.23 Å². The van der Waals surface area contributed by atoms with Crippen molar-refractivity contribution in [1.29, 1.82) is 0 Å². The van der Waals surface area contributed by atoms with E-state index in [1.54, 1.807) is 17.8 Å². The highest BCUT2D eigenvalue weighted by Crippen LogP contribution is 2.39. The molecule has 0 bridgehead atoms. The molecule has 172 valence electrons. The number of nitrogen functional groups attached to an aromatic ring is 1. The molecule has 1 fully saturated rings. The Bertz CT molecular complexity index is 1080. The predicted octanol–water partition coefficient (Wildman–Crippen LogP) is 3.54. The summed E-state index contributed by atoms with van der Waals surface area (Å²) < 4.78 is 35.5. The normalized spacial score (nSPS) is 22.5. The van der Waals surface area contributed by atoms with Gasteiger partial charge in [-0.3, -0.25) is 4.68 Å². The molecule has 1 saturated heterocycles. The van der Waals surface area contributed by atoms with Crippen LogP contribution in [-0.2, 0) is 11.8 Å². The van der Waals surface area contributed by atoms with Crippen molar-refractivity contribution in [2.24, 2.45) is 12.8 Å². The molecule has 2 aromatic heterocycles. The van der Waals surface area contributed by atoms with E-state index in [1.807, 2.05) is 0 Å². The van der Waals surface area contributed by atoms with Crippen LogP contribution < -0.4 is 16.8 Å². The molecule has 1 aliphatic rings. The van der Waals surface area contributed by atoms with Crippen molar-refractivity contribution in [2.45, 2.75) is 37.4 Å². The third kappa shape index (κ3) is 4.44. The first-order valence-corrected chi connectivity index (χ1v) is 11.1. The summed E-state index contributed by atoms with van der Waals surface area (Å²) in [5, 5.41) is 18.6. The lowest BCUT2D eigenvalue weighted by molar-refractivity contribution is 0.0246. The maximum Gasteiger partial charge on any atom is 0.171 e. The number of alkyl halides is 1. The number of hydrogen-bond acceptors (Lipinski definition) is 8. The lowest BCUT2D eigenvalue weighted by Crippen LogP contribution is -2.32. The maximum atomic E-state index is 14.3. The van der Waals surface area contributed by atoms with E-state index in [-0.39, 0.29) is 32.9 Å². The smallest absolute Gasteiger partial charge is 0.171 e. The number of anilines is 2. The summed E-state index contributed by atoms with van der Waals surface area (Å²) in [4.78, 5) is 4.31. The van der Waals surface area contributed by atoms with Crippen molar-refractivity contribution in [3.05, 3.63) is 46.6 Å². The minimum Gasteiger partial charge on any atom is -0.389 e. The quantitative estimate of drug-likeness (QED) is 0.408. The Morgan fingerprint density at radius 1 is 1.41 bits per heavy atom. The molecule has 32 heavy (non-hydrogen) atoms. The first-order chi connectivity index (χ1) is 15.3. The van der Waals surface area contributed by atoms with Gasteiger partial charge in [0, 0.05) is 13.1 Å². The van der Waals surface area contributed by atoms with Gasteiger partial charge in [-0.1, -0.05) is 29.0 Å². The van der Waals surface area contributed by atoms with Crippen LogP contribution in [0.5, 0.6) is 0 Å². The molecule has 4 rings (SSSR count). The minimum absolute atomic E-state index is 0.120. The fourth-order valence-corrected chi connectivity index (χ4v) is 4.89. The van der Waals surface area contributed by atoms with E-state index < -0.39 is 30.4 Å². The highest BCUT2D eigenvalue weighted by molar-refractivity contribution is 7.19. The van der Waals surface area contributed by atoms with Gasteiger partial charge in [-0.2, -0.15) is 5.10 Å². The summed E-state index contributed by atoms with van der Waals surface area (Å²) >= 11 is 7.14. The summed E-state index contributed by atoms with van der Waals surface area (Å²) in [6.07, 6.45) is -0.531. The second-order valence-electron chi connectivity index (χ2n) is 7.56. The molecular formula is C20H23ClF2N6O2S. The number of halogens is 3. The molecule has 4 atom stereocenters. The van der Waals surface area contributed by atoms with E-state index in [9.17, 15) is 13.9 Å². The summed E-state index contributed by atoms with van der Waals surface area (Å²) in [5.41, 5.74) is 13.3. The number of nitrogens with one attached hydrogen (secondary N) is 1. The van der Waals surface area contributed by atoms with E-state index in [2.05, 4.69) is 15.4 Å². The number of nitrogens with zero attached hydrogens (tertiary/aromatic N) is 3. The van der Waals surface area contributed by atoms with Crippen LogP contribution in [0.1, 0.15) is 36.6 Å². The first-order valence-electron chi connectivity index (χ1n) is 9.94. The second-order valence-corrected chi connectivity index (χ2v) is 9.00. The number of aliphatic hydroxyl groups excluding tert-OH is 1. The molecule has 0 amide bonds. The standard InChI is InChI=1S/C20H23ClF2N6O2S/c1-29-17(14-6-5-12(24)11(23)8-31-14)13(7-26-29)27-19(30)16-18(25)32-20(28-16)15-9(21)3-2-4-10(15)22/h2-4,7,11-12,14,19,27,30H,5-6,8,24-25H2,1H3/t11-,12-,14+,19?/m1/s1. The Kier molecular flexibility index (Phi) is 6.63. The molecule has 3 aromatic rings. The Labute approximate surface area is 192 Å². The van der Waals surface area contributed by atoms with Gasteiger partial charge in [-0.25, -0.2) is 13.8 Å². The average molecular weight is 485 g/mol. The van der Waals surface area contributed by atoms with Gasteiger partial charge in [0.2, 0.25) is 0 Å². The Balaban J connectivity index is 1.58. The van der Waals surface area contributed by atoms with E-state index in [0.29, 0.717) is 24.2 Å². The van der Waals surface area contributed by atoms with E-state index >= 15 is 0 Å². The Hall–Kier alpha value is -2.31. The molecule has 1 unspecified atom stereocenters. The van der Waals surface area contributed by atoms with Gasteiger partial charge >= 0.3 is 0 Å². The van der Waals surface area contributed by atoms with Crippen LogP contribution in [0.3, 0.4) is 0 Å². The third-order valence-corrected chi connectivity index (χ3v) is 6.61. The number of benzene rings is 1. The molecule has 12 heteroatoms. The van der Waals surface area contributed by atoms with Crippen LogP contribution in [0.2, 0.25) is 5.02 Å². The van der Waals surface area contributed by atoms with Crippen LogP contribution in [-0.4, -0.2) is 38.7 Å². The van der Waals surface area contributed by atoms with Gasteiger partial charge in [0.05, 0.1) is 34.8 Å². The van der Waals surface area contributed by atoms with Crippen molar-refractivity contribution >= 4 is 33.6 Å².